The first-order valence-corrected chi connectivity index (χ1v) is 6.66. The molecule has 2 amide bonds. The monoisotopic (exact) mass is 309 g/mol. The number of fused-ring (bicyclic) bond motifs is 1. The van der Waals surface area contributed by atoms with Crippen LogP contribution in [0.25, 0.3) is 10.8 Å². The van der Waals surface area contributed by atoms with E-state index in [-0.39, 0.29) is 11.4 Å². The summed E-state index contributed by atoms with van der Waals surface area (Å²) >= 11 is 0. The summed E-state index contributed by atoms with van der Waals surface area (Å²) in [5.74, 6) is -1.21. The third-order valence-electron chi connectivity index (χ3n) is 3.10. The molecule has 8 heteroatoms. The fraction of sp³-hybridized carbons (Fsp3) is 0. The largest absolute Gasteiger partial charge is 0.290 e. The first kappa shape index (κ1) is 14.4. The maximum absolute atomic E-state index is 12.2. The number of H-pyrrole nitrogens is 1. The van der Waals surface area contributed by atoms with Gasteiger partial charge in [-0.3, -0.25) is 30.2 Å². The molecule has 3 rings (SSSR count). The van der Waals surface area contributed by atoms with Crippen molar-refractivity contribution in [2.45, 2.75) is 0 Å². The summed E-state index contributed by atoms with van der Waals surface area (Å²) in [5.41, 5.74) is 4.26. The topological polar surface area (TPSA) is 117 Å². The minimum absolute atomic E-state index is 0.00141. The van der Waals surface area contributed by atoms with Crippen molar-refractivity contribution in [2.75, 3.05) is 0 Å². The Kier molecular flexibility index (Phi) is 3.79. The van der Waals surface area contributed by atoms with Gasteiger partial charge in [-0.25, -0.2) is 5.10 Å². The standard InChI is InChI=1S/C15H11N5O3/c21-13-10-6-2-1-5-9(10)12(17-18-13)15(23)20-19-14(22)11-7-3-4-8-16-11/h1-8H,(H,18,21)(H,19,22)(H,20,23). The maximum Gasteiger partial charge on any atom is 0.290 e. The van der Waals surface area contributed by atoms with Gasteiger partial charge in [-0.2, -0.15) is 5.10 Å². The van der Waals surface area contributed by atoms with E-state index in [1.165, 1.54) is 12.3 Å². The highest BCUT2D eigenvalue weighted by Crippen LogP contribution is 2.11. The van der Waals surface area contributed by atoms with Gasteiger partial charge in [0.05, 0.1) is 5.39 Å². The van der Waals surface area contributed by atoms with E-state index in [1.807, 2.05) is 0 Å². The molecule has 0 saturated heterocycles. The Labute approximate surface area is 129 Å². The maximum atomic E-state index is 12.2. The van der Waals surface area contributed by atoms with Gasteiger partial charge in [-0.1, -0.05) is 24.3 Å². The predicted octanol–water partition coefficient (Wildman–Crippen LogP) is 0.393. The van der Waals surface area contributed by atoms with Crippen molar-refractivity contribution in [2.24, 2.45) is 0 Å². The molecule has 2 heterocycles. The summed E-state index contributed by atoms with van der Waals surface area (Å²) in [5, 5.41) is 6.72. The SMILES string of the molecule is O=C(NNC(=O)c1n[nH]c(=O)c2ccccc12)c1ccccn1. The van der Waals surface area contributed by atoms with E-state index in [4.69, 9.17) is 0 Å². The molecule has 0 fully saturated rings. The summed E-state index contributed by atoms with van der Waals surface area (Å²) in [6.07, 6.45) is 1.47. The molecule has 0 radical (unpaired) electrons. The van der Waals surface area contributed by atoms with E-state index >= 15 is 0 Å². The summed E-state index contributed by atoms with van der Waals surface area (Å²) in [6.45, 7) is 0. The number of aromatic amines is 1. The number of pyridine rings is 1. The Hall–Kier alpha value is -3.55. The Morgan fingerprint density at radius 1 is 0.913 bits per heavy atom. The minimum Gasteiger partial charge on any atom is -0.267 e. The average molecular weight is 309 g/mol. The van der Waals surface area contributed by atoms with Crippen LogP contribution < -0.4 is 16.4 Å². The number of rotatable bonds is 2. The fourth-order valence-corrected chi connectivity index (χ4v) is 2.02. The summed E-state index contributed by atoms with van der Waals surface area (Å²) in [6, 6.07) is 11.4. The molecular weight excluding hydrogens is 298 g/mol. The molecule has 1 aromatic carbocycles. The zero-order valence-electron chi connectivity index (χ0n) is 11.7. The highest BCUT2D eigenvalue weighted by Gasteiger charge is 2.15. The molecule has 0 bridgehead atoms. The van der Waals surface area contributed by atoms with Gasteiger partial charge in [0, 0.05) is 11.6 Å². The smallest absolute Gasteiger partial charge is 0.267 e. The first-order valence-electron chi connectivity index (χ1n) is 6.66. The zero-order valence-corrected chi connectivity index (χ0v) is 11.7. The van der Waals surface area contributed by atoms with Crippen LogP contribution >= 0.6 is 0 Å². The van der Waals surface area contributed by atoms with E-state index in [9.17, 15) is 14.4 Å². The second kappa shape index (κ2) is 6.06. The molecule has 8 nitrogen and oxygen atoms in total. The van der Waals surface area contributed by atoms with Crippen LogP contribution in [0.3, 0.4) is 0 Å². The first-order chi connectivity index (χ1) is 11.2. The number of hydrogen-bond donors (Lipinski definition) is 3. The predicted molar refractivity (Wildman–Crippen MR) is 81.5 cm³/mol. The molecule has 114 valence electrons. The number of amides is 2. The number of hydrogen-bond acceptors (Lipinski definition) is 5. The van der Waals surface area contributed by atoms with Crippen molar-refractivity contribution in [3.05, 3.63) is 70.4 Å². The molecule has 0 unspecified atom stereocenters. The van der Waals surface area contributed by atoms with Gasteiger partial charge >= 0.3 is 0 Å². The summed E-state index contributed by atoms with van der Waals surface area (Å²) in [4.78, 5) is 39.5. The van der Waals surface area contributed by atoms with Gasteiger partial charge < -0.3 is 0 Å². The second-order valence-electron chi connectivity index (χ2n) is 4.57. The molecule has 3 N–H and O–H groups in total. The van der Waals surface area contributed by atoms with Crippen LogP contribution in [-0.4, -0.2) is 27.0 Å². The lowest BCUT2D eigenvalue weighted by molar-refractivity contribution is 0.0841. The van der Waals surface area contributed by atoms with Crippen LogP contribution in [0.15, 0.2) is 53.5 Å². The van der Waals surface area contributed by atoms with Gasteiger partial charge in [0.1, 0.15) is 5.69 Å². The molecule has 0 spiro atoms. The molecule has 3 aromatic rings. The number of carbonyl (C=O) groups is 2. The minimum atomic E-state index is -0.651. The van der Waals surface area contributed by atoms with E-state index in [2.05, 4.69) is 26.0 Å². The van der Waals surface area contributed by atoms with Crippen molar-refractivity contribution in [1.29, 1.82) is 0 Å². The Morgan fingerprint density at radius 3 is 2.35 bits per heavy atom. The molecule has 23 heavy (non-hydrogen) atoms. The van der Waals surface area contributed by atoms with Gasteiger partial charge in [-0.05, 0) is 18.2 Å². The van der Waals surface area contributed by atoms with Gasteiger partial charge in [0.25, 0.3) is 17.4 Å². The lowest BCUT2D eigenvalue weighted by Crippen LogP contribution is -2.42. The van der Waals surface area contributed by atoms with Crippen molar-refractivity contribution < 1.29 is 9.59 Å². The second-order valence-corrected chi connectivity index (χ2v) is 4.57. The van der Waals surface area contributed by atoms with Crippen molar-refractivity contribution >= 4 is 22.6 Å². The molecule has 0 atom stereocenters. The molecule has 0 aliphatic heterocycles. The van der Waals surface area contributed by atoms with Crippen molar-refractivity contribution in [3.63, 3.8) is 0 Å². The third-order valence-corrected chi connectivity index (χ3v) is 3.10. The molecular formula is C15H11N5O3. The van der Waals surface area contributed by atoms with Crippen molar-refractivity contribution in [1.82, 2.24) is 26.0 Å². The van der Waals surface area contributed by atoms with E-state index in [1.54, 1.807) is 36.4 Å². The van der Waals surface area contributed by atoms with E-state index in [0.717, 1.165) is 0 Å². The highest BCUT2D eigenvalue weighted by atomic mass is 16.2. The molecule has 0 aliphatic carbocycles. The van der Waals surface area contributed by atoms with Gasteiger partial charge in [0.2, 0.25) is 0 Å². The van der Waals surface area contributed by atoms with Gasteiger partial charge in [-0.15, -0.1) is 0 Å². The number of carbonyl (C=O) groups excluding carboxylic acids is 2. The van der Waals surface area contributed by atoms with Crippen LogP contribution in [0.2, 0.25) is 0 Å². The summed E-state index contributed by atoms with van der Waals surface area (Å²) < 4.78 is 0. The molecule has 2 aromatic heterocycles. The van der Waals surface area contributed by atoms with Crippen LogP contribution in [0.4, 0.5) is 0 Å². The zero-order chi connectivity index (χ0) is 16.2. The highest BCUT2D eigenvalue weighted by molar-refractivity contribution is 6.05. The number of benzene rings is 1. The van der Waals surface area contributed by atoms with Crippen molar-refractivity contribution in [3.8, 4) is 0 Å². The van der Waals surface area contributed by atoms with E-state index < -0.39 is 17.4 Å². The van der Waals surface area contributed by atoms with Crippen LogP contribution in [-0.2, 0) is 0 Å². The Balaban J connectivity index is 1.81. The van der Waals surface area contributed by atoms with Crippen LogP contribution in [0, 0.1) is 0 Å². The quantitative estimate of drug-likeness (QED) is 0.592. The lowest BCUT2D eigenvalue weighted by atomic mass is 10.1. The molecule has 0 aliphatic rings. The normalized spacial score (nSPS) is 10.3. The molecule has 0 saturated carbocycles. The Bertz CT molecular complexity index is 937. The summed E-state index contributed by atoms with van der Waals surface area (Å²) in [7, 11) is 0. The average Bonchev–Trinajstić information content (AvgIpc) is 2.60. The van der Waals surface area contributed by atoms with Crippen LogP contribution in [0.1, 0.15) is 21.0 Å². The van der Waals surface area contributed by atoms with Gasteiger partial charge in [0.15, 0.2) is 5.69 Å². The Morgan fingerprint density at radius 2 is 1.61 bits per heavy atom. The number of nitrogens with one attached hydrogen (secondary N) is 3. The van der Waals surface area contributed by atoms with E-state index in [0.29, 0.717) is 10.8 Å². The number of hydrazine groups is 1. The number of aromatic nitrogens is 3. The lowest BCUT2D eigenvalue weighted by Gasteiger charge is -2.07. The third kappa shape index (κ3) is 2.91. The fourth-order valence-electron chi connectivity index (χ4n) is 2.02. The van der Waals surface area contributed by atoms with Crippen LogP contribution in [0.5, 0.6) is 0 Å². The number of nitrogens with zero attached hydrogens (tertiary/aromatic N) is 2.